The molecule has 1 heterocycles. The van der Waals surface area contributed by atoms with E-state index in [-0.39, 0.29) is 6.04 Å². The summed E-state index contributed by atoms with van der Waals surface area (Å²) in [5.41, 5.74) is 2.42. The summed E-state index contributed by atoms with van der Waals surface area (Å²) in [7, 11) is 1.68. The number of hydrogen-bond acceptors (Lipinski definition) is 3. The fraction of sp³-hybridized carbons (Fsp3) is 0.438. The maximum Gasteiger partial charge on any atom is 0.133 e. The fourth-order valence-electron chi connectivity index (χ4n) is 2.26. The average Bonchev–Trinajstić information content (AvgIpc) is 2.93. The van der Waals surface area contributed by atoms with Gasteiger partial charge in [0.25, 0.3) is 0 Å². The lowest BCUT2D eigenvalue weighted by molar-refractivity contribution is 0.411. The monoisotopic (exact) mass is 351 g/mol. The van der Waals surface area contributed by atoms with Crippen LogP contribution in [0.3, 0.4) is 0 Å². The van der Waals surface area contributed by atoms with Crippen LogP contribution in [0.1, 0.15) is 44.1 Å². The zero-order chi connectivity index (χ0) is 15.4. The van der Waals surface area contributed by atoms with Crippen molar-refractivity contribution in [2.24, 2.45) is 0 Å². The standard InChI is InChI=1S/C16H22BrN3O/c1-11(2)20-10-18-8-14(20)9-19-12(3)13-5-6-16(21-4)15(17)7-13/h5-8,10-12,19H,9H2,1-4H3. The summed E-state index contributed by atoms with van der Waals surface area (Å²) in [6, 6.07) is 6.84. The summed E-state index contributed by atoms with van der Waals surface area (Å²) in [5.74, 6) is 0.851. The Hall–Kier alpha value is -1.33. The summed E-state index contributed by atoms with van der Waals surface area (Å²) in [4.78, 5) is 4.23. The molecule has 5 heteroatoms. The van der Waals surface area contributed by atoms with Gasteiger partial charge in [-0.15, -0.1) is 0 Å². The average molecular weight is 352 g/mol. The van der Waals surface area contributed by atoms with Gasteiger partial charge in [-0.3, -0.25) is 0 Å². The Morgan fingerprint density at radius 2 is 2.10 bits per heavy atom. The molecule has 0 aliphatic carbocycles. The zero-order valence-electron chi connectivity index (χ0n) is 12.9. The van der Waals surface area contributed by atoms with Crippen LogP contribution < -0.4 is 10.1 Å². The Balaban J connectivity index is 2.03. The molecular formula is C16H22BrN3O. The molecule has 4 nitrogen and oxygen atoms in total. The second-order valence-electron chi connectivity index (χ2n) is 5.38. The summed E-state index contributed by atoms with van der Waals surface area (Å²) in [6.45, 7) is 7.28. The van der Waals surface area contributed by atoms with E-state index in [4.69, 9.17) is 4.74 Å². The van der Waals surface area contributed by atoms with Gasteiger partial charge in [0.1, 0.15) is 5.75 Å². The van der Waals surface area contributed by atoms with Crippen molar-refractivity contribution in [3.63, 3.8) is 0 Å². The molecule has 0 saturated carbocycles. The summed E-state index contributed by atoms with van der Waals surface area (Å²) >= 11 is 3.53. The molecule has 114 valence electrons. The van der Waals surface area contributed by atoms with Crippen molar-refractivity contribution >= 4 is 15.9 Å². The fourth-order valence-corrected chi connectivity index (χ4v) is 2.82. The zero-order valence-corrected chi connectivity index (χ0v) is 14.5. The highest BCUT2D eigenvalue weighted by Crippen LogP contribution is 2.28. The predicted octanol–water partition coefficient (Wildman–Crippen LogP) is 4.09. The highest BCUT2D eigenvalue weighted by atomic mass is 79.9. The van der Waals surface area contributed by atoms with E-state index in [1.54, 1.807) is 7.11 Å². The summed E-state index contributed by atoms with van der Waals surface area (Å²) in [5, 5.41) is 3.54. The molecule has 21 heavy (non-hydrogen) atoms. The van der Waals surface area contributed by atoms with Crippen molar-refractivity contribution in [2.45, 2.75) is 39.4 Å². The molecule has 0 saturated heterocycles. The van der Waals surface area contributed by atoms with Crippen molar-refractivity contribution < 1.29 is 4.74 Å². The molecule has 0 bridgehead atoms. The van der Waals surface area contributed by atoms with E-state index in [9.17, 15) is 0 Å². The van der Waals surface area contributed by atoms with Gasteiger partial charge in [0.15, 0.2) is 0 Å². The molecule has 0 amide bonds. The molecule has 2 aromatic rings. The molecule has 0 fully saturated rings. The van der Waals surface area contributed by atoms with Gasteiger partial charge in [0, 0.05) is 24.8 Å². The second-order valence-corrected chi connectivity index (χ2v) is 6.24. The minimum absolute atomic E-state index is 0.253. The van der Waals surface area contributed by atoms with Crippen molar-refractivity contribution in [1.29, 1.82) is 0 Å². The number of imidazole rings is 1. The molecule has 0 spiro atoms. The number of benzene rings is 1. The minimum Gasteiger partial charge on any atom is -0.496 e. The molecule has 2 rings (SSSR count). The first-order valence-electron chi connectivity index (χ1n) is 7.10. The van der Waals surface area contributed by atoms with Crippen LogP contribution >= 0.6 is 15.9 Å². The van der Waals surface area contributed by atoms with Gasteiger partial charge in [0.05, 0.1) is 23.6 Å². The van der Waals surface area contributed by atoms with Gasteiger partial charge in [-0.2, -0.15) is 0 Å². The van der Waals surface area contributed by atoms with Crippen LogP contribution in [0.5, 0.6) is 5.75 Å². The topological polar surface area (TPSA) is 39.1 Å². The quantitative estimate of drug-likeness (QED) is 0.851. The SMILES string of the molecule is COc1ccc(C(C)NCc2cncn2C(C)C)cc1Br. The summed E-state index contributed by atoms with van der Waals surface area (Å²) < 4.78 is 8.42. The van der Waals surface area contributed by atoms with Crippen molar-refractivity contribution in [3.05, 3.63) is 46.5 Å². The number of hydrogen-bond donors (Lipinski definition) is 1. The first-order chi connectivity index (χ1) is 10.0. The van der Waals surface area contributed by atoms with Gasteiger partial charge in [-0.1, -0.05) is 6.07 Å². The van der Waals surface area contributed by atoms with Crippen molar-refractivity contribution in [2.75, 3.05) is 7.11 Å². The molecule has 0 aliphatic rings. The Kier molecular flexibility index (Phi) is 5.42. The van der Waals surface area contributed by atoms with E-state index < -0.39 is 0 Å². The Morgan fingerprint density at radius 3 is 2.71 bits per heavy atom. The predicted molar refractivity (Wildman–Crippen MR) is 88.6 cm³/mol. The molecule has 0 radical (unpaired) electrons. The van der Waals surface area contributed by atoms with E-state index in [0.717, 1.165) is 16.8 Å². The summed E-state index contributed by atoms with van der Waals surface area (Å²) in [6.07, 6.45) is 3.81. The third kappa shape index (κ3) is 3.86. The molecule has 1 unspecified atom stereocenters. The normalized spacial score (nSPS) is 12.7. The van der Waals surface area contributed by atoms with Gasteiger partial charge in [0.2, 0.25) is 0 Å². The Bertz CT molecular complexity index is 595. The number of nitrogens with zero attached hydrogens (tertiary/aromatic N) is 2. The van der Waals surface area contributed by atoms with E-state index in [0.29, 0.717) is 6.04 Å². The second kappa shape index (κ2) is 7.09. The third-order valence-corrected chi connectivity index (χ3v) is 4.19. The lowest BCUT2D eigenvalue weighted by atomic mass is 10.1. The van der Waals surface area contributed by atoms with Gasteiger partial charge in [-0.25, -0.2) is 4.98 Å². The lowest BCUT2D eigenvalue weighted by Crippen LogP contribution is -2.20. The molecular weight excluding hydrogens is 330 g/mol. The van der Waals surface area contributed by atoms with Gasteiger partial charge < -0.3 is 14.6 Å². The van der Waals surface area contributed by atoms with Crippen molar-refractivity contribution in [3.8, 4) is 5.75 Å². The van der Waals surface area contributed by atoms with Gasteiger partial charge >= 0.3 is 0 Å². The van der Waals surface area contributed by atoms with Gasteiger partial charge in [-0.05, 0) is 54.4 Å². The smallest absolute Gasteiger partial charge is 0.133 e. The van der Waals surface area contributed by atoms with Crippen LogP contribution in [-0.4, -0.2) is 16.7 Å². The first kappa shape index (κ1) is 16.0. The number of halogens is 1. The van der Waals surface area contributed by atoms with Crippen LogP contribution in [0, 0.1) is 0 Å². The molecule has 1 atom stereocenters. The third-order valence-electron chi connectivity index (χ3n) is 3.57. The highest BCUT2D eigenvalue weighted by Gasteiger charge is 2.10. The van der Waals surface area contributed by atoms with E-state index in [2.05, 4.69) is 63.7 Å². The van der Waals surface area contributed by atoms with Crippen LogP contribution in [-0.2, 0) is 6.54 Å². The number of aromatic nitrogens is 2. The van der Waals surface area contributed by atoms with Crippen LogP contribution in [0.25, 0.3) is 0 Å². The number of methoxy groups -OCH3 is 1. The number of nitrogens with one attached hydrogen (secondary N) is 1. The van der Waals surface area contributed by atoms with Crippen LogP contribution in [0.15, 0.2) is 35.2 Å². The minimum atomic E-state index is 0.253. The van der Waals surface area contributed by atoms with E-state index in [1.807, 2.05) is 18.6 Å². The van der Waals surface area contributed by atoms with Crippen LogP contribution in [0.4, 0.5) is 0 Å². The van der Waals surface area contributed by atoms with Crippen LogP contribution in [0.2, 0.25) is 0 Å². The number of rotatable bonds is 6. The van der Waals surface area contributed by atoms with Crippen molar-refractivity contribution in [1.82, 2.24) is 14.9 Å². The van der Waals surface area contributed by atoms with E-state index >= 15 is 0 Å². The Morgan fingerprint density at radius 1 is 1.33 bits per heavy atom. The lowest BCUT2D eigenvalue weighted by Gasteiger charge is -2.17. The first-order valence-corrected chi connectivity index (χ1v) is 7.89. The largest absolute Gasteiger partial charge is 0.496 e. The molecule has 1 N–H and O–H groups in total. The maximum atomic E-state index is 5.26. The highest BCUT2D eigenvalue weighted by molar-refractivity contribution is 9.10. The molecule has 1 aromatic carbocycles. The molecule has 1 aromatic heterocycles. The number of ether oxygens (including phenoxy) is 1. The Labute approximate surface area is 134 Å². The van der Waals surface area contributed by atoms with E-state index in [1.165, 1.54) is 11.3 Å². The molecule has 0 aliphatic heterocycles. The maximum absolute atomic E-state index is 5.26.